The van der Waals surface area contributed by atoms with Crippen LogP contribution in [0, 0.1) is 6.92 Å². The van der Waals surface area contributed by atoms with Crippen molar-refractivity contribution in [3.8, 4) is 5.69 Å². The number of anilines is 1. The Kier molecular flexibility index (Phi) is 12.3. The summed E-state index contributed by atoms with van der Waals surface area (Å²) in [6.45, 7) is 9.99. The monoisotopic (exact) mass is 727 g/mol. The summed E-state index contributed by atoms with van der Waals surface area (Å²) in [5, 5.41) is 16.5. The first-order chi connectivity index (χ1) is 23.3. The summed E-state index contributed by atoms with van der Waals surface area (Å²) in [6, 6.07) is 21.7. The molecular weight excluding hydrogens is 682 g/mol. The Morgan fingerprint density at radius 3 is 2.42 bits per heavy atom. The van der Waals surface area contributed by atoms with Gasteiger partial charge in [0.2, 0.25) is 9.68 Å². The molecule has 0 bridgehead atoms. The number of nitrogens with zero attached hydrogens (tertiary/aromatic N) is 4. The van der Waals surface area contributed by atoms with Crippen LogP contribution in [0.3, 0.4) is 0 Å². The molecule has 1 aromatic heterocycles. The fourth-order valence-corrected chi connectivity index (χ4v) is 7.65. The van der Waals surface area contributed by atoms with Crippen molar-refractivity contribution in [2.24, 2.45) is 0 Å². The fraction of sp³-hybridized carbons (Fsp3) is 0.395. The van der Waals surface area contributed by atoms with Gasteiger partial charge < -0.3 is 19.9 Å². The quantitative estimate of drug-likeness (QED) is 0.146. The number of fused-ring (bicyclic) bond motifs is 1. The number of hydrogen-bond donors (Lipinski definition) is 2. The highest BCUT2D eigenvalue weighted by molar-refractivity contribution is 9.10. The van der Waals surface area contributed by atoms with Crippen molar-refractivity contribution in [3.05, 3.63) is 105 Å². The molecule has 1 aliphatic rings. The van der Waals surface area contributed by atoms with E-state index in [4.69, 9.17) is 5.10 Å². The lowest BCUT2D eigenvalue weighted by Gasteiger charge is -2.36. The maximum absolute atomic E-state index is 14.6. The molecule has 0 saturated carbocycles. The van der Waals surface area contributed by atoms with Crippen LogP contribution in [0.15, 0.2) is 71.2 Å². The highest BCUT2D eigenvalue weighted by atomic mass is 79.9. The molecule has 3 aromatic carbocycles. The van der Waals surface area contributed by atoms with Crippen molar-refractivity contribution in [1.82, 2.24) is 19.6 Å². The van der Waals surface area contributed by atoms with Crippen LogP contribution in [0.1, 0.15) is 89.7 Å². The van der Waals surface area contributed by atoms with Crippen molar-refractivity contribution in [1.29, 1.82) is 0 Å². The van der Waals surface area contributed by atoms with E-state index in [1.165, 1.54) is 10.8 Å². The summed E-state index contributed by atoms with van der Waals surface area (Å²) in [5.41, 5.74) is 6.53. The van der Waals surface area contributed by atoms with Crippen molar-refractivity contribution in [2.75, 3.05) is 24.7 Å². The molecule has 0 unspecified atom stereocenters. The first-order valence-electron chi connectivity index (χ1n) is 17.1. The van der Waals surface area contributed by atoms with E-state index in [2.05, 4.69) is 65.9 Å². The number of nitrogens with one attached hydrogen (secondary N) is 1. The zero-order valence-electron chi connectivity index (χ0n) is 28.4. The maximum Gasteiger partial charge on any atom is 0.274 e. The average Bonchev–Trinajstić information content (AvgIpc) is 3.50. The molecule has 2 heterocycles. The molecule has 8 nitrogen and oxygen atoms in total. The molecule has 1 aliphatic heterocycles. The summed E-state index contributed by atoms with van der Waals surface area (Å²) >= 11 is 3.58. The normalized spacial score (nSPS) is 14.1. The minimum absolute atomic E-state index is 0.0830. The highest BCUT2D eigenvalue weighted by Crippen LogP contribution is 2.29. The Labute approximate surface area is 295 Å². The largest absolute Gasteiger partial charge is 0.408 e. The molecule has 0 spiro atoms. The zero-order chi connectivity index (χ0) is 34.2. The SMILES string of the molecule is CCCCN(CCCC)C(=O)c1cc(C)n(-c2ccc(N[Si]c3ccc(Br)cc3CC)cc2C(=O)N2Cc3ccccc3C[C@H]2CO)n1. The lowest BCUT2D eigenvalue weighted by atomic mass is 9.93. The number of carbonyl (C=O) groups excluding carboxylic acids is 2. The molecule has 0 saturated heterocycles. The molecular formula is C38H46BrN5O3Si. The summed E-state index contributed by atoms with van der Waals surface area (Å²) in [7, 11) is 0.300. The van der Waals surface area contributed by atoms with Crippen LogP contribution >= 0.6 is 15.9 Å². The first-order valence-corrected chi connectivity index (χ1v) is 18.9. The Morgan fingerprint density at radius 2 is 1.73 bits per heavy atom. The Morgan fingerprint density at radius 1 is 1.00 bits per heavy atom. The van der Waals surface area contributed by atoms with E-state index in [1.807, 2.05) is 54.3 Å². The van der Waals surface area contributed by atoms with E-state index < -0.39 is 0 Å². The second-order valence-corrected chi connectivity index (χ2v) is 14.4. The van der Waals surface area contributed by atoms with Crippen LogP contribution in [0.2, 0.25) is 0 Å². The molecule has 1 atom stereocenters. The minimum Gasteiger partial charge on any atom is -0.408 e. The van der Waals surface area contributed by atoms with Crippen LogP contribution in [0.5, 0.6) is 0 Å². The van der Waals surface area contributed by atoms with Crippen LogP contribution in [0.4, 0.5) is 5.69 Å². The lowest BCUT2D eigenvalue weighted by Crippen LogP contribution is -2.46. The molecule has 48 heavy (non-hydrogen) atoms. The van der Waals surface area contributed by atoms with Crippen LogP contribution in [-0.2, 0) is 19.4 Å². The van der Waals surface area contributed by atoms with E-state index in [9.17, 15) is 14.7 Å². The van der Waals surface area contributed by atoms with Crippen molar-refractivity contribution in [3.63, 3.8) is 0 Å². The van der Waals surface area contributed by atoms with Crippen LogP contribution < -0.4 is 10.2 Å². The molecule has 10 heteroatoms. The van der Waals surface area contributed by atoms with Gasteiger partial charge in [-0.3, -0.25) is 9.59 Å². The van der Waals surface area contributed by atoms with Gasteiger partial charge in [-0.05, 0) is 90.9 Å². The number of unbranched alkanes of at least 4 members (excludes halogenated alkanes) is 2. The molecule has 0 fully saturated rings. The number of hydrogen-bond acceptors (Lipinski definition) is 5. The van der Waals surface area contributed by atoms with Crippen molar-refractivity contribution >= 4 is 48.3 Å². The average molecular weight is 729 g/mol. The van der Waals surface area contributed by atoms with Gasteiger partial charge in [0.1, 0.15) is 0 Å². The second kappa shape index (κ2) is 16.6. The molecule has 2 radical (unpaired) electrons. The van der Waals surface area contributed by atoms with Gasteiger partial charge in [-0.1, -0.05) is 79.9 Å². The third-order valence-corrected chi connectivity index (χ3v) is 10.7. The van der Waals surface area contributed by atoms with Crippen LogP contribution in [-0.4, -0.2) is 71.9 Å². The number of aromatic nitrogens is 2. The first kappa shape index (κ1) is 35.6. The van der Waals surface area contributed by atoms with Gasteiger partial charge in [-0.2, -0.15) is 5.10 Å². The van der Waals surface area contributed by atoms with Gasteiger partial charge in [0.05, 0.1) is 23.9 Å². The third kappa shape index (κ3) is 8.10. The highest BCUT2D eigenvalue weighted by Gasteiger charge is 2.32. The summed E-state index contributed by atoms with van der Waals surface area (Å²) < 4.78 is 2.78. The molecule has 252 valence electrons. The molecule has 0 aliphatic carbocycles. The maximum atomic E-state index is 14.6. The second-order valence-electron chi connectivity index (χ2n) is 12.5. The summed E-state index contributed by atoms with van der Waals surface area (Å²) in [5.74, 6) is -0.265. The Balaban J connectivity index is 1.52. The molecule has 5 rings (SSSR count). The summed E-state index contributed by atoms with van der Waals surface area (Å²) in [6.07, 6.45) is 5.39. The van der Waals surface area contributed by atoms with Gasteiger partial charge in [-0.25, -0.2) is 4.68 Å². The number of benzene rings is 3. The smallest absolute Gasteiger partial charge is 0.274 e. The topological polar surface area (TPSA) is 90.7 Å². The molecule has 4 aromatic rings. The summed E-state index contributed by atoms with van der Waals surface area (Å²) in [4.78, 5) is 35.6. The number of halogens is 1. The standard InChI is InChI=1S/C38H46BrN5O3Si/c1-5-8-18-42(19-9-6-2)38(47)34-20-26(4)44(40-34)35-16-15-31(41-48-36-17-14-30(39)21-27(36)7-3)23-33(35)37(46)43-24-29-13-11-10-12-28(29)22-32(43)25-45/h10-17,20-21,23,32,41,45H,5-9,18-19,22,24-25H2,1-4H3/t32-/m0/s1. The van der Waals surface area contributed by atoms with Crippen LogP contribution in [0.25, 0.3) is 5.69 Å². The van der Waals surface area contributed by atoms with E-state index >= 15 is 0 Å². The fourth-order valence-electron chi connectivity index (χ4n) is 6.23. The molecule has 2 N–H and O–H groups in total. The van der Waals surface area contributed by atoms with Gasteiger partial charge in [0, 0.05) is 35.5 Å². The van der Waals surface area contributed by atoms with Gasteiger partial charge >= 0.3 is 0 Å². The minimum atomic E-state index is -0.352. The molecule has 2 amide bonds. The lowest BCUT2D eigenvalue weighted by molar-refractivity contribution is 0.0544. The predicted molar refractivity (Wildman–Crippen MR) is 197 cm³/mol. The predicted octanol–water partition coefficient (Wildman–Crippen LogP) is 6.46. The van der Waals surface area contributed by atoms with Crippen molar-refractivity contribution < 1.29 is 14.7 Å². The number of carbonyl (C=O) groups is 2. The van der Waals surface area contributed by atoms with Gasteiger partial charge in [-0.15, -0.1) is 0 Å². The number of aliphatic hydroxyl groups is 1. The van der Waals surface area contributed by atoms with E-state index in [0.29, 0.717) is 52.7 Å². The van der Waals surface area contributed by atoms with E-state index in [-0.39, 0.29) is 24.5 Å². The number of aryl methyl sites for hydroxylation is 2. The van der Waals surface area contributed by atoms with E-state index in [1.54, 1.807) is 9.58 Å². The van der Waals surface area contributed by atoms with Gasteiger partial charge in [0.25, 0.3) is 11.8 Å². The number of aliphatic hydroxyl groups excluding tert-OH is 1. The zero-order valence-corrected chi connectivity index (χ0v) is 31.0. The van der Waals surface area contributed by atoms with Gasteiger partial charge in [0.15, 0.2) is 5.69 Å². The number of amides is 2. The Hall–Kier alpha value is -3.73. The Bertz CT molecular complexity index is 1730. The van der Waals surface area contributed by atoms with E-state index in [0.717, 1.165) is 59.1 Å². The third-order valence-electron chi connectivity index (χ3n) is 9.03. The van der Waals surface area contributed by atoms with Crippen molar-refractivity contribution in [2.45, 2.75) is 78.8 Å². The number of rotatable bonds is 14.